The van der Waals surface area contributed by atoms with Crippen LogP contribution in [0.15, 0.2) is 36.9 Å². The summed E-state index contributed by atoms with van der Waals surface area (Å²) in [7, 11) is -3.60. The van der Waals surface area contributed by atoms with E-state index in [1.807, 2.05) is 19.2 Å². The van der Waals surface area contributed by atoms with Crippen LogP contribution in [0.25, 0.3) is 22.1 Å². The van der Waals surface area contributed by atoms with Gasteiger partial charge < -0.3 is 13.6 Å². The molecule has 1 N–H and O–H groups in total. The number of hydrogen-bond acceptors (Lipinski definition) is 3. The Balaban J connectivity index is 0.000000293. The van der Waals surface area contributed by atoms with E-state index in [9.17, 15) is 5.11 Å². The molecule has 0 amide bonds. The van der Waals surface area contributed by atoms with Gasteiger partial charge in [0.25, 0.3) is 0 Å². The maximum absolute atomic E-state index is 9.76. The molecule has 4 heterocycles. The van der Waals surface area contributed by atoms with Crippen LogP contribution < -0.4 is 0 Å². The van der Waals surface area contributed by atoms with Gasteiger partial charge in [0, 0.05) is 17.0 Å². The quantitative estimate of drug-likeness (QED) is 0.191. The third-order valence-electron chi connectivity index (χ3n) is 9.84. The number of pyridine rings is 2. The van der Waals surface area contributed by atoms with Crippen LogP contribution in [0.3, 0.4) is 0 Å². The van der Waals surface area contributed by atoms with Gasteiger partial charge in [-0.15, -0.1) is 0 Å². The highest BCUT2D eigenvalue weighted by atomic mass is 35.5. The molecule has 0 aromatic carbocycles. The number of aromatic nitrogens is 4. The lowest BCUT2D eigenvalue weighted by Gasteiger charge is -2.44. The molecule has 4 aromatic rings. The van der Waals surface area contributed by atoms with Crippen molar-refractivity contribution in [1.29, 1.82) is 0 Å². The third kappa shape index (κ3) is 6.08. The molecular weight excluding hydrogens is 607 g/mol. The van der Waals surface area contributed by atoms with Crippen LogP contribution >= 0.6 is 23.2 Å². The van der Waals surface area contributed by atoms with Crippen molar-refractivity contribution >= 4 is 61.7 Å². The molecule has 4 rings (SSSR count). The van der Waals surface area contributed by atoms with Crippen LogP contribution in [0.2, 0.25) is 43.3 Å². The summed E-state index contributed by atoms with van der Waals surface area (Å²) in [5.74, 6) is 0.0489. The monoisotopic (exact) mass is 662 g/mol. The number of halogens is 2. The lowest BCUT2D eigenvalue weighted by molar-refractivity contribution is 0.474. The molecule has 0 atom stereocenters. The highest BCUT2D eigenvalue weighted by Gasteiger charge is 2.47. The van der Waals surface area contributed by atoms with Gasteiger partial charge in [0.2, 0.25) is 0 Å². The fourth-order valence-corrected chi connectivity index (χ4v) is 22.0. The Hall–Kier alpha value is -1.81. The predicted molar refractivity (Wildman–Crippen MR) is 196 cm³/mol. The Morgan fingerprint density at radius 3 is 1.28 bits per heavy atom. The van der Waals surface area contributed by atoms with E-state index >= 15 is 0 Å². The first-order valence-corrected chi connectivity index (χ1v) is 20.6. The first-order valence-electron chi connectivity index (χ1n) is 15.5. The first kappa shape index (κ1) is 37.4. The molecule has 0 fully saturated rings. The van der Waals surface area contributed by atoms with E-state index in [4.69, 9.17) is 28.2 Å². The van der Waals surface area contributed by atoms with Crippen molar-refractivity contribution in [1.82, 2.24) is 18.4 Å². The minimum absolute atomic E-state index is 0. The molecule has 4 aromatic heterocycles. The fraction of sp³-hybridized carbons (Fsp3) is 0.588. The van der Waals surface area contributed by atoms with E-state index < -0.39 is 16.5 Å². The molecule has 0 aliphatic carbocycles. The Morgan fingerprint density at radius 2 is 0.930 bits per heavy atom. The van der Waals surface area contributed by atoms with Crippen LogP contribution in [0.4, 0.5) is 0 Å². The standard InChI is InChI=1S/C17H27ClN2Si.C16H25ClN2OSi.CH4/c1-11(2)21(12(3)4,13(5)6)20-9-8-15-16(18)14(7)10-19-17(15)20;1-10(2)21(11(3)4,12(5)6)19-8-7-13-15(17)14(20)9-18-16(13)19;/h8-13H,1-7H3;7-12,20H,1-6H3;1H4. The number of fused-ring (bicyclic) bond motifs is 2. The zero-order chi connectivity index (χ0) is 31.9. The van der Waals surface area contributed by atoms with Gasteiger partial charge in [0.1, 0.15) is 11.3 Å². The van der Waals surface area contributed by atoms with Gasteiger partial charge in [-0.2, -0.15) is 0 Å². The van der Waals surface area contributed by atoms with Gasteiger partial charge >= 0.3 is 0 Å². The number of nitrogens with zero attached hydrogens (tertiary/aromatic N) is 4. The molecule has 0 saturated heterocycles. The van der Waals surface area contributed by atoms with Crippen molar-refractivity contribution in [3.63, 3.8) is 0 Å². The van der Waals surface area contributed by atoms with Crippen molar-refractivity contribution in [2.45, 2.75) is 131 Å². The zero-order valence-electron chi connectivity index (χ0n) is 27.9. The summed E-state index contributed by atoms with van der Waals surface area (Å²) in [5, 5.41) is 12.9. The Morgan fingerprint density at radius 1 is 0.605 bits per heavy atom. The maximum atomic E-state index is 9.76. The van der Waals surface area contributed by atoms with Crippen LogP contribution in [0, 0.1) is 6.92 Å². The molecule has 0 aliphatic rings. The molecule has 9 heteroatoms. The summed E-state index contributed by atoms with van der Waals surface area (Å²) in [5.41, 5.74) is 6.72. The van der Waals surface area contributed by atoms with Gasteiger partial charge in [0.05, 0.1) is 16.2 Å². The summed E-state index contributed by atoms with van der Waals surface area (Å²) in [6.07, 6.45) is 7.72. The molecule has 5 nitrogen and oxygen atoms in total. The van der Waals surface area contributed by atoms with Crippen molar-refractivity contribution in [3.05, 3.63) is 52.5 Å². The molecule has 240 valence electrons. The van der Waals surface area contributed by atoms with Gasteiger partial charge in [-0.25, -0.2) is 9.97 Å². The maximum Gasteiger partial charge on any atom is 0.171 e. The molecule has 0 spiro atoms. The van der Waals surface area contributed by atoms with Gasteiger partial charge in [-0.05, 0) is 70.3 Å². The molecule has 0 bridgehead atoms. The van der Waals surface area contributed by atoms with E-state index in [1.165, 1.54) is 6.20 Å². The molecule has 0 unspecified atom stereocenters. The lowest BCUT2D eigenvalue weighted by atomic mass is 10.2. The molecule has 0 saturated carbocycles. The largest absolute Gasteiger partial charge is 0.505 e. The molecule has 43 heavy (non-hydrogen) atoms. The number of aromatic hydroxyl groups is 1. The number of aryl methyl sites for hydroxylation is 1. The summed E-state index contributed by atoms with van der Waals surface area (Å²) in [4.78, 5) is 9.21. The van der Waals surface area contributed by atoms with Crippen molar-refractivity contribution in [3.8, 4) is 5.75 Å². The fourth-order valence-electron chi connectivity index (χ4n) is 8.49. The first-order chi connectivity index (χ1) is 19.5. The van der Waals surface area contributed by atoms with Crippen LogP contribution in [0.5, 0.6) is 5.75 Å². The van der Waals surface area contributed by atoms with Gasteiger partial charge in [-0.3, -0.25) is 0 Å². The smallest absolute Gasteiger partial charge is 0.171 e. The highest BCUT2D eigenvalue weighted by Crippen LogP contribution is 2.46. The normalized spacial score (nSPS) is 12.8. The lowest BCUT2D eigenvalue weighted by Crippen LogP contribution is -2.51. The molecule has 0 radical (unpaired) electrons. The highest BCUT2D eigenvalue weighted by molar-refractivity contribution is 6.83. The van der Waals surface area contributed by atoms with E-state index in [2.05, 4.69) is 115 Å². The molecule has 0 aliphatic heterocycles. The summed E-state index contributed by atoms with van der Waals surface area (Å²) >= 11 is 12.7. The second-order valence-electron chi connectivity index (χ2n) is 13.8. The Kier molecular flexibility index (Phi) is 12.3. The third-order valence-corrected chi connectivity index (χ3v) is 24.2. The average Bonchev–Trinajstić information content (AvgIpc) is 3.50. The Bertz CT molecular complexity index is 1360. The van der Waals surface area contributed by atoms with Gasteiger partial charge in [0.15, 0.2) is 22.2 Å². The van der Waals surface area contributed by atoms with Crippen molar-refractivity contribution in [2.75, 3.05) is 0 Å². The SMILES string of the molecule is C.CC(C)[Si](C(C)C)(C(C)C)n1ccc2c(Cl)c(O)cnc21.Cc1cnc2c(ccn2[Si](C(C)C)(C(C)C)C(C)C)c1Cl. The van der Waals surface area contributed by atoms with E-state index in [1.54, 1.807) is 0 Å². The summed E-state index contributed by atoms with van der Waals surface area (Å²) < 4.78 is 4.90. The van der Waals surface area contributed by atoms with E-state index in [0.717, 1.165) is 32.7 Å². The van der Waals surface area contributed by atoms with E-state index in [-0.39, 0.29) is 13.2 Å². The van der Waals surface area contributed by atoms with Crippen molar-refractivity contribution in [2.24, 2.45) is 0 Å². The summed E-state index contributed by atoms with van der Waals surface area (Å²) in [6, 6.07) is 4.13. The minimum Gasteiger partial charge on any atom is -0.505 e. The van der Waals surface area contributed by atoms with Gasteiger partial charge in [-0.1, -0.05) is 114 Å². The zero-order valence-corrected chi connectivity index (χ0v) is 31.4. The topological polar surface area (TPSA) is 55.9 Å². The number of rotatable bonds is 8. The Labute approximate surface area is 273 Å². The average molecular weight is 664 g/mol. The summed E-state index contributed by atoms with van der Waals surface area (Å²) in [6.45, 7) is 30.1. The van der Waals surface area contributed by atoms with E-state index in [0.29, 0.717) is 38.3 Å². The van der Waals surface area contributed by atoms with Crippen LogP contribution in [-0.2, 0) is 0 Å². The minimum atomic E-state index is -1.84. The van der Waals surface area contributed by atoms with Crippen LogP contribution in [-0.4, -0.2) is 40.0 Å². The number of hydrogen-bond donors (Lipinski definition) is 1. The van der Waals surface area contributed by atoms with Crippen molar-refractivity contribution < 1.29 is 5.11 Å². The molecular formula is C34H56Cl2N4OSi2. The second-order valence-corrected chi connectivity index (χ2v) is 26.0. The second kappa shape index (κ2) is 14.1. The predicted octanol–water partition coefficient (Wildman–Crippen LogP) is 12.1. The van der Waals surface area contributed by atoms with Crippen LogP contribution in [0.1, 0.15) is 96.1 Å².